The van der Waals surface area contributed by atoms with E-state index in [1.807, 2.05) is 0 Å². The summed E-state index contributed by atoms with van der Waals surface area (Å²) in [5, 5.41) is 69.1. The maximum absolute atomic E-state index is 13.8. The van der Waals surface area contributed by atoms with Crippen LogP contribution in [-0.2, 0) is 81.5 Å². The Bertz CT molecular complexity index is 2630. The van der Waals surface area contributed by atoms with E-state index in [1.54, 1.807) is 20.1 Å². The van der Waals surface area contributed by atoms with Crippen LogP contribution in [-0.4, -0.2) is 243 Å². The fourth-order valence-electron chi connectivity index (χ4n) is 8.06. The second-order valence-corrected chi connectivity index (χ2v) is 23.1. The number of primary amides is 2. The van der Waals surface area contributed by atoms with E-state index in [-0.39, 0.29) is 55.4 Å². The van der Waals surface area contributed by atoms with Gasteiger partial charge in [0.1, 0.15) is 66.5 Å². The van der Waals surface area contributed by atoms with Crippen LogP contribution in [0.15, 0.2) is 0 Å². The van der Waals surface area contributed by atoms with E-state index < -0.39 is 225 Å². The summed E-state index contributed by atoms with van der Waals surface area (Å²) in [5.41, 5.74) is 16.3. The number of rotatable bonds is 47. The number of thiol groups is 2. The molecular formula is C53H90N16O21S3. The number of thioether (sulfide) groups is 1. The number of carbonyl (C=O) groups is 17. The third-order valence-corrected chi connectivity index (χ3v) is 14.4. The molecule has 23 N–H and O–H groups in total. The Morgan fingerprint density at radius 2 is 0.882 bits per heavy atom. The lowest BCUT2D eigenvalue weighted by Gasteiger charge is -2.28. The first-order valence-corrected chi connectivity index (χ1v) is 31.8. The Balaban J connectivity index is 6.07. The molecule has 0 aromatic rings. The second kappa shape index (κ2) is 45.3. The first-order chi connectivity index (χ1) is 43.5. The van der Waals surface area contributed by atoms with Crippen LogP contribution in [0.25, 0.3) is 0 Å². The van der Waals surface area contributed by atoms with Crippen molar-refractivity contribution in [1.29, 1.82) is 0 Å². The number of nitrogens with one attached hydrogen (secondary N) is 13. The summed E-state index contributed by atoms with van der Waals surface area (Å²) in [5.74, 6) is -18.4. The summed E-state index contributed by atoms with van der Waals surface area (Å²) in [4.78, 5) is 218. The molecule has 526 valence electrons. The van der Waals surface area contributed by atoms with Gasteiger partial charge in [-0.05, 0) is 83.3 Å². The largest absolute Gasteiger partial charge is 0.481 e. The van der Waals surface area contributed by atoms with E-state index in [0.29, 0.717) is 6.42 Å². The number of hydrogen-bond acceptors (Lipinski definition) is 23. The molecule has 0 aromatic heterocycles. The van der Waals surface area contributed by atoms with Crippen LogP contribution in [0.3, 0.4) is 0 Å². The zero-order valence-corrected chi connectivity index (χ0v) is 54.9. The van der Waals surface area contributed by atoms with Crippen molar-refractivity contribution < 1.29 is 102 Å². The number of carbonyl (C=O) groups excluding carboxylic acids is 15. The quantitative estimate of drug-likeness (QED) is 0.0199. The molecule has 0 spiro atoms. The monoisotopic (exact) mass is 1380 g/mol. The standard InChI is InChI=1S/C53H90N16O21S3/c1-24(2)17-32(43(56)80)66-47(84)30(11-13-41(78)79)65-52(89)36(23-92)62-39(75)19-57-44(81)25(3)59-46(83)31(14-16-93-6)61-38(74)20-58-45(82)29(10-12-40(76)77)64-50(87)34(21-70)68-53(90)42(26(4)71)69-48(85)28(9-7-8-15-54)63-49(86)33(18-37(55)73)67-51(88)35(22-91)60-27(5)72/h24-26,28-36,42,70-71,91-92H,7-23,54H2,1-6H3,(H2,55,73)(H2,56,80)(H,57,81)(H,58,82)(H,59,83)(H,60,72)(H,61,74)(H,62,75)(H,63,86)(H,64,87)(H,65,89)(H,66,84)(H,67,88)(H,68,90)(H,69,85)(H,76,77)(H,78,79)/t25-,26+,28-,29-,30-,31-,32-,33-,34-,35-,36-,42-/m0/s1. The smallest absolute Gasteiger partial charge is 0.303 e. The number of carboxylic acid groups (broad SMARTS) is 2. The highest BCUT2D eigenvalue weighted by Gasteiger charge is 2.36. The summed E-state index contributed by atoms with van der Waals surface area (Å²) < 4.78 is 0. The molecule has 37 nitrogen and oxygen atoms in total. The minimum atomic E-state index is -1.97. The zero-order valence-electron chi connectivity index (χ0n) is 52.3. The first kappa shape index (κ1) is 84.9. The van der Waals surface area contributed by atoms with Gasteiger partial charge < -0.3 is 107 Å². The normalized spacial score (nSPS) is 14.8. The fourth-order valence-corrected chi connectivity index (χ4v) is 9.04. The fraction of sp³-hybridized carbons (Fsp3) is 0.679. The molecule has 0 aliphatic heterocycles. The number of nitrogens with two attached hydrogens (primary N) is 3. The van der Waals surface area contributed by atoms with Crippen LogP contribution in [0.1, 0.15) is 98.8 Å². The molecule has 40 heteroatoms. The molecule has 0 heterocycles. The highest BCUT2D eigenvalue weighted by atomic mass is 32.2. The highest BCUT2D eigenvalue weighted by molar-refractivity contribution is 7.98. The van der Waals surface area contributed by atoms with Gasteiger partial charge in [0.25, 0.3) is 0 Å². The van der Waals surface area contributed by atoms with Gasteiger partial charge in [-0.25, -0.2) is 0 Å². The van der Waals surface area contributed by atoms with Gasteiger partial charge in [0, 0.05) is 31.3 Å². The lowest BCUT2D eigenvalue weighted by Crippen LogP contribution is -2.62. The lowest BCUT2D eigenvalue weighted by atomic mass is 10.0. The van der Waals surface area contributed by atoms with Crippen molar-refractivity contribution in [2.24, 2.45) is 23.1 Å². The Hall–Kier alpha value is -8.08. The molecule has 0 saturated carbocycles. The molecule has 0 radical (unpaired) electrons. The topological polar surface area (TPSA) is 606 Å². The van der Waals surface area contributed by atoms with Gasteiger partial charge in [-0.3, -0.25) is 81.5 Å². The van der Waals surface area contributed by atoms with E-state index in [1.165, 1.54) is 18.7 Å². The summed E-state index contributed by atoms with van der Waals surface area (Å²) >= 11 is 9.34. The number of hydrogen-bond donors (Lipinski definition) is 22. The molecule has 0 aliphatic rings. The summed E-state index contributed by atoms with van der Waals surface area (Å²) in [7, 11) is 0. The Morgan fingerprint density at radius 3 is 1.33 bits per heavy atom. The van der Waals surface area contributed by atoms with Gasteiger partial charge in [0.2, 0.25) is 88.6 Å². The number of amides is 15. The lowest BCUT2D eigenvalue weighted by molar-refractivity contribution is -0.139. The third-order valence-electron chi connectivity index (χ3n) is 13.0. The molecule has 0 saturated heterocycles. The van der Waals surface area contributed by atoms with Gasteiger partial charge in [-0.15, -0.1) is 0 Å². The molecular weight excluding hydrogens is 1290 g/mol. The van der Waals surface area contributed by atoms with Crippen molar-refractivity contribution >= 4 is 138 Å². The number of aliphatic hydroxyl groups is 2. The Labute approximate surface area is 550 Å². The molecule has 0 unspecified atom stereocenters. The summed E-state index contributed by atoms with van der Waals surface area (Å²) in [6.07, 6.45) is -2.84. The minimum absolute atomic E-state index is 0.0451. The molecule has 0 aliphatic carbocycles. The van der Waals surface area contributed by atoms with Gasteiger partial charge in [0.15, 0.2) is 0 Å². The third kappa shape index (κ3) is 35.0. The SMILES string of the molecule is CSCC[C@H](NC(=O)CNC(=O)[C@H](CCC(=O)O)NC(=O)[C@H](CO)NC(=O)[C@@H](NC(=O)[C@H](CCCCN)NC(=O)[C@H](CC(N)=O)NC(=O)[C@H](CS)NC(C)=O)[C@@H](C)O)C(=O)N[C@@H](C)C(=O)NCC(=O)N[C@@H](CS)C(=O)N[C@@H](CCC(=O)O)C(=O)N[C@@H](CC(C)C)C(N)=O. The number of carboxylic acids is 2. The van der Waals surface area contributed by atoms with Crippen LogP contribution in [0.2, 0.25) is 0 Å². The van der Waals surface area contributed by atoms with E-state index in [0.717, 1.165) is 13.8 Å². The molecule has 15 amide bonds. The Morgan fingerprint density at radius 1 is 0.473 bits per heavy atom. The van der Waals surface area contributed by atoms with Crippen LogP contribution < -0.4 is 86.3 Å². The maximum Gasteiger partial charge on any atom is 0.303 e. The van der Waals surface area contributed by atoms with Crippen LogP contribution in [0, 0.1) is 5.92 Å². The van der Waals surface area contributed by atoms with Crippen molar-refractivity contribution in [2.75, 3.05) is 49.8 Å². The van der Waals surface area contributed by atoms with Crippen molar-refractivity contribution in [2.45, 2.75) is 171 Å². The van der Waals surface area contributed by atoms with E-state index in [4.69, 9.17) is 17.2 Å². The van der Waals surface area contributed by atoms with Gasteiger partial charge in [-0.2, -0.15) is 37.0 Å². The number of aliphatic carboxylic acids is 2. The predicted octanol–water partition coefficient (Wildman–Crippen LogP) is -9.16. The molecule has 12 atom stereocenters. The van der Waals surface area contributed by atoms with Gasteiger partial charge >= 0.3 is 11.9 Å². The minimum Gasteiger partial charge on any atom is -0.481 e. The van der Waals surface area contributed by atoms with Crippen molar-refractivity contribution in [3.8, 4) is 0 Å². The van der Waals surface area contributed by atoms with Crippen LogP contribution in [0.5, 0.6) is 0 Å². The van der Waals surface area contributed by atoms with Crippen molar-refractivity contribution in [3.63, 3.8) is 0 Å². The maximum atomic E-state index is 13.8. The predicted molar refractivity (Wildman–Crippen MR) is 337 cm³/mol. The van der Waals surface area contributed by atoms with E-state index in [2.05, 4.69) is 94.4 Å². The molecule has 0 bridgehead atoms. The highest BCUT2D eigenvalue weighted by Crippen LogP contribution is 2.10. The van der Waals surface area contributed by atoms with Gasteiger partial charge in [0.05, 0.1) is 32.2 Å². The number of aliphatic hydroxyl groups excluding tert-OH is 2. The zero-order chi connectivity index (χ0) is 71.2. The summed E-state index contributed by atoms with van der Waals surface area (Å²) in [6, 6.07) is -17.0. The molecule has 93 heavy (non-hydrogen) atoms. The number of unbranched alkanes of at least 4 members (excludes halogenated alkanes) is 1. The summed E-state index contributed by atoms with van der Waals surface area (Å²) in [6.45, 7) is 4.17. The molecule has 0 rings (SSSR count). The van der Waals surface area contributed by atoms with E-state index >= 15 is 0 Å². The van der Waals surface area contributed by atoms with Crippen molar-refractivity contribution in [3.05, 3.63) is 0 Å². The average Bonchev–Trinajstić information content (AvgIpc) is 1.63. The van der Waals surface area contributed by atoms with Crippen LogP contribution in [0.4, 0.5) is 0 Å². The Kier molecular flexibility index (Phi) is 41.3. The molecule has 0 fully saturated rings. The van der Waals surface area contributed by atoms with Crippen molar-refractivity contribution in [1.82, 2.24) is 69.1 Å². The molecule has 0 aromatic carbocycles. The van der Waals surface area contributed by atoms with Gasteiger partial charge in [-0.1, -0.05) is 13.8 Å². The van der Waals surface area contributed by atoms with Crippen LogP contribution >= 0.6 is 37.0 Å². The van der Waals surface area contributed by atoms with E-state index in [9.17, 15) is 102 Å². The first-order valence-electron chi connectivity index (χ1n) is 29.1. The average molecular weight is 1380 g/mol. The second-order valence-electron chi connectivity index (χ2n) is 21.4.